The Morgan fingerprint density at radius 2 is 2.57 bits per heavy atom. The van der Waals surface area contributed by atoms with E-state index in [1.165, 1.54) is 0 Å². The monoisotopic (exact) mass is 309 g/mol. The fraction of sp³-hybridized carbons (Fsp3) is 0.667. The molecule has 0 aliphatic heterocycles. The molecule has 4 heteroatoms. The molecule has 0 rings (SSSR count). The number of hydrogen-bond acceptors (Lipinski definition) is 2. The quantitative estimate of drug-likeness (QED) is 0.433. The van der Waals surface area contributed by atoms with Gasteiger partial charge in [-0.25, -0.2) is 0 Å². The van der Waals surface area contributed by atoms with Crippen LogP contribution in [-0.4, -0.2) is 43.0 Å². The molecule has 7 heavy (non-hydrogen) atoms. The van der Waals surface area contributed by atoms with Crippen molar-refractivity contribution in [2.75, 3.05) is 12.3 Å². The fourth-order valence-corrected chi connectivity index (χ4v) is 1.79. The molecule has 0 radical (unpaired) electrons. The van der Waals surface area contributed by atoms with E-state index in [4.69, 9.17) is 0 Å². The molecule has 1 N–H and O–H groups in total. The molecule has 0 atom stereocenters. The molecule has 0 fully saturated rings. The van der Waals surface area contributed by atoms with Gasteiger partial charge in [-0.05, 0) is 0 Å². The summed E-state index contributed by atoms with van der Waals surface area (Å²) in [4.78, 5) is 9.57. The Balaban J connectivity index is 2.56. The van der Waals surface area contributed by atoms with Crippen LogP contribution in [0, 0.1) is 0 Å². The first-order chi connectivity index (χ1) is 3.41. The average molecular weight is 309 g/mol. The zero-order valence-corrected chi connectivity index (χ0v) is 9.19. The summed E-state index contributed by atoms with van der Waals surface area (Å²) in [5.74, 6) is 1.07. The Bertz CT molecular complexity index is 52.2. The van der Waals surface area contributed by atoms with Crippen LogP contribution in [0.25, 0.3) is 0 Å². The minimum absolute atomic E-state index is 0.737. The van der Waals surface area contributed by atoms with E-state index in [0.717, 1.165) is 43.0 Å². The summed E-state index contributed by atoms with van der Waals surface area (Å²) < 4.78 is 0. The second kappa shape index (κ2) is 6.74. The zero-order valence-electron chi connectivity index (χ0n) is 3.89. The molecule has 0 aromatic carbocycles. The summed E-state index contributed by atoms with van der Waals surface area (Å²) in [6.45, 7) is 0.824. The average Bonchev–Trinajstić information content (AvgIpc) is 1.69. The molecular weight excluding hydrogens is 302 g/mol. The summed E-state index contributed by atoms with van der Waals surface area (Å²) in [6, 6.07) is 0. The molecule has 0 unspecified atom stereocenters. The Morgan fingerprint density at radius 1 is 1.86 bits per heavy atom. The van der Waals surface area contributed by atoms with Gasteiger partial charge in [-0.3, -0.25) is 0 Å². The molecule has 0 saturated carbocycles. The summed E-state index contributed by atoms with van der Waals surface area (Å²) >= 11 is 0.999. The van der Waals surface area contributed by atoms with Gasteiger partial charge in [0.15, 0.2) is 0 Å². The van der Waals surface area contributed by atoms with Crippen molar-refractivity contribution in [3.05, 3.63) is 0 Å². The van der Waals surface area contributed by atoms with Crippen LogP contribution in [0.4, 0.5) is 0 Å². The summed E-state index contributed by atoms with van der Waals surface area (Å²) in [7, 11) is 1.89. The van der Waals surface area contributed by atoms with Crippen molar-refractivity contribution in [2.45, 2.75) is 0 Å². The first-order valence-corrected chi connectivity index (χ1v) is 8.45. The van der Waals surface area contributed by atoms with Crippen molar-refractivity contribution in [1.29, 1.82) is 0 Å². The van der Waals surface area contributed by atoms with E-state index >= 15 is 0 Å². The molecule has 38 valence electrons. The first-order valence-electron chi connectivity index (χ1n) is 1.90. The van der Waals surface area contributed by atoms with E-state index in [9.17, 15) is 4.79 Å². The summed E-state index contributed by atoms with van der Waals surface area (Å²) in [5, 5.41) is 2.57. The molecule has 0 saturated heterocycles. The molecule has 0 aromatic heterocycles. The van der Waals surface area contributed by atoms with Crippen molar-refractivity contribution in [2.24, 2.45) is 0 Å². The molecule has 2 nitrogen and oxygen atoms in total. The number of carbonyl (C=O) groups is 1. The van der Waals surface area contributed by atoms with Gasteiger partial charge in [-0.1, -0.05) is 0 Å². The fourth-order valence-electron chi connectivity index (χ4n) is 0.177. The van der Waals surface area contributed by atoms with Gasteiger partial charge in [-0.2, -0.15) is 0 Å². The number of hydrogen-bond donors (Lipinski definition) is 1. The molecule has 0 bridgehead atoms. The Morgan fingerprint density at radius 3 is 3.00 bits per heavy atom. The van der Waals surface area contributed by atoms with Crippen molar-refractivity contribution >= 4 is 39.0 Å². The van der Waals surface area contributed by atoms with Crippen LogP contribution in [0.5, 0.6) is 0 Å². The third-order valence-electron chi connectivity index (χ3n) is 0.448. The van der Waals surface area contributed by atoms with E-state index in [1.54, 1.807) is 0 Å². The van der Waals surface area contributed by atoms with Crippen molar-refractivity contribution in [3.63, 3.8) is 0 Å². The van der Waals surface area contributed by atoms with Crippen LogP contribution in [-0.2, 0) is 4.79 Å². The van der Waals surface area contributed by atoms with Gasteiger partial charge in [0.1, 0.15) is 0 Å². The molecule has 0 spiro atoms. The Kier molecular flexibility index (Phi) is 7.46. The Hall–Kier alpha value is 0.742. The molecule has 1 amide bonds. The maximum absolute atomic E-state index is 9.57. The summed E-state index contributed by atoms with van der Waals surface area (Å²) in [6.07, 6.45) is 0.737. The van der Waals surface area contributed by atoms with E-state index in [-0.39, 0.29) is 0 Å². The second-order valence-corrected chi connectivity index (χ2v) is 5.57. The van der Waals surface area contributed by atoms with Crippen molar-refractivity contribution in [1.82, 2.24) is 5.32 Å². The van der Waals surface area contributed by atoms with Crippen LogP contribution in [0.1, 0.15) is 0 Å². The molecule has 0 aliphatic carbocycles. The number of carbonyl (C=O) groups excluding carboxylic acids is 1. The number of rotatable bonds is 4. The van der Waals surface area contributed by atoms with Crippen molar-refractivity contribution < 1.29 is 4.79 Å². The van der Waals surface area contributed by atoms with E-state index in [2.05, 4.69) is 5.32 Å². The third-order valence-corrected chi connectivity index (χ3v) is 3.64. The van der Waals surface area contributed by atoms with E-state index in [1.807, 2.05) is 8.31 Å². The SMILES string of the molecule is O=CNCC[S][Tl]. The van der Waals surface area contributed by atoms with Crippen LogP contribution in [0.3, 0.4) is 0 Å². The van der Waals surface area contributed by atoms with Crippen LogP contribution < -0.4 is 5.32 Å². The molecule has 0 aromatic rings. The van der Waals surface area contributed by atoms with Gasteiger partial charge in [-0.15, -0.1) is 0 Å². The topological polar surface area (TPSA) is 29.1 Å². The number of nitrogens with one attached hydrogen (secondary N) is 1. The first kappa shape index (κ1) is 7.74. The van der Waals surface area contributed by atoms with Gasteiger partial charge in [0.25, 0.3) is 0 Å². The van der Waals surface area contributed by atoms with Gasteiger partial charge >= 0.3 is 61.4 Å². The molecule has 0 heterocycles. The normalized spacial score (nSPS) is 7.86. The van der Waals surface area contributed by atoms with Crippen LogP contribution in [0.2, 0.25) is 0 Å². The van der Waals surface area contributed by atoms with Gasteiger partial charge < -0.3 is 0 Å². The number of amides is 1. The predicted octanol–water partition coefficient (Wildman–Crippen LogP) is -0.451. The van der Waals surface area contributed by atoms with E-state index < -0.39 is 0 Å². The van der Waals surface area contributed by atoms with Gasteiger partial charge in [0.05, 0.1) is 0 Å². The Labute approximate surface area is 61.3 Å². The van der Waals surface area contributed by atoms with Crippen LogP contribution >= 0.6 is 8.31 Å². The van der Waals surface area contributed by atoms with Crippen molar-refractivity contribution in [3.8, 4) is 0 Å². The summed E-state index contributed by atoms with van der Waals surface area (Å²) in [5.41, 5.74) is 0. The standard InChI is InChI=1S/C3H7NOS.Tl/c5-3-4-1-2-6;/h3,6H,1-2H2,(H,4,5);/q;+1/p-1. The van der Waals surface area contributed by atoms with Gasteiger partial charge in [0.2, 0.25) is 0 Å². The third kappa shape index (κ3) is 6.74. The minimum atomic E-state index is 0.737. The predicted molar refractivity (Wildman–Crippen MR) is 32.3 cm³/mol. The van der Waals surface area contributed by atoms with Crippen LogP contribution in [0.15, 0.2) is 0 Å². The zero-order chi connectivity index (χ0) is 5.54. The second-order valence-electron chi connectivity index (χ2n) is 0.943. The van der Waals surface area contributed by atoms with E-state index in [0.29, 0.717) is 0 Å². The molecular formula is C3H6NOSTl. The maximum atomic E-state index is 9.57. The van der Waals surface area contributed by atoms with Gasteiger partial charge in [0, 0.05) is 0 Å². The molecule has 0 aliphatic rings.